The van der Waals surface area contributed by atoms with Gasteiger partial charge in [0.05, 0.1) is 35.5 Å². The van der Waals surface area contributed by atoms with Crippen molar-refractivity contribution in [3.05, 3.63) is 28.2 Å². The predicted molar refractivity (Wildman–Crippen MR) is 89.1 cm³/mol. The number of morpholine rings is 1. The van der Waals surface area contributed by atoms with Gasteiger partial charge in [-0.2, -0.15) is 0 Å². The first-order chi connectivity index (χ1) is 11.0. The Hall–Kier alpha value is -1.34. The second kappa shape index (κ2) is 8.49. The average Bonchev–Trinajstić information content (AvgIpc) is 2.52. The first kappa shape index (κ1) is 18.0. The average molecular weight is 361 g/mol. The van der Waals surface area contributed by atoms with Gasteiger partial charge in [0, 0.05) is 7.05 Å². The van der Waals surface area contributed by atoms with Crippen molar-refractivity contribution < 1.29 is 19.2 Å². The second-order valence-corrected chi connectivity index (χ2v) is 6.25. The zero-order valence-electron chi connectivity index (χ0n) is 12.9. The highest BCUT2D eigenvalue weighted by atomic mass is 35.5. The van der Waals surface area contributed by atoms with E-state index in [4.69, 9.17) is 27.9 Å². The van der Waals surface area contributed by atoms with Crippen LogP contribution in [0.2, 0.25) is 10.0 Å². The third-order valence-corrected chi connectivity index (χ3v) is 4.26. The summed E-state index contributed by atoms with van der Waals surface area (Å²) in [6.07, 6.45) is 0. The summed E-state index contributed by atoms with van der Waals surface area (Å²) in [5.74, 6) is -0.421. The molecule has 1 saturated heterocycles. The first-order valence-corrected chi connectivity index (χ1v) is 8.12. The molecule has 1 aliphatic heterocycles. The molecule has 0 unspecified atom stereocenters. The number of rotatable bonds is 5. The van der Waals surface area contributed by atoms with E-state index in [9.17, 15) is 9.59 Å². The number of para-hydroxylation sites is 1. The van der Waals surface area contributed by atoms with Crippen molar-refractivity contribution in [1.82, 2.24) is 4.90 Å². The third kappa shape index (κ3) is 5.35. The topological polar surface area (TPSA) is 63.1 Å². The van der Waals surface area contributed by atoms with Gasteiger partial charge < -0.3 is 19.9 Å². The maximum Gasteiger partial charge on any atom is 0.277 e. The number of nitrogens with one attached hydrogen (secondary N) is 2. The molecule has 1 aliphatic rings. The van der Waals surface area contributed by atoms with E-state index in [-0.39, 0.29) is 18.4 Å². The van der Waals surface area contributed by atoms with Crippen LogP contribution in [0.4, 0.5) is 5.69 Å². The number of hydrogen-bond acceptors (Lipinski definition) is 3. The standard InChI is InChI=1S/C15H19Cl2N3O3/c1-19(14(22)10-20-5-7-23-8-6-20)9-13(21)18-15-11(16)3-2-4-12(15)17/h2-4H,5-10H2,1H3,(H,18,21)/p+1. The third-order valence-electron chi connectivity index (χ3n) is 3.63. The summed E-state index contributed by atoms with van der Waals surface area (Å²) in [5, 5.41) is 3.36. The van der Waals surface area contributed by atoms with Crippen LogP contribution in [0.1, 0.15) is 0 Å². The highest BCUT2D eigenvalue weighted by Gasteiger charge is 2.21. The lowest BCUT2D eigenvalue weighted by Gasteiger charge is -2.25. The van der Waals surface area contributed by atoms with Crippen LogP contribution >= 0.6 is 23.2 Å². The minimum Gasteiger partial charge on any atom is -0.370 e. The maximum atomic E-state index is 12.2. The van der Waals surface area contributed by atoms with Gasteiger partial charge in [-0.05, 0) is 12.1 Å². The molecular formula is C15H20Cl2N3O3+. The SMILES string of the molecule is CN(CC(=O)Nc1c(Cl)cccc1Cl)C(=O)C[NH+]1CCOCC1. The largest absolute Gasteiger partial charge is 0.370 e. The minimum atomic E-state index is -0.340. The first-order valence-electron chi connectivity index (χ1n) is 7.36. The van der Waals surface area contributed by atoms with Gasteiger partial charge in [-0.15, -0.1) is 0 Å². The Morgan fingerprint density at radius 1 is 1.26 bits per heavy atom. The molecule has 126 valence electrons. The quantitative estimate of drug-likeness (QED) is 0.794. The van der Waals surface area contributed by atoms with Crippen molar-refractivity contribution >= 4 is 40.7 Å². The number of carbonyl (C=O) groups is 2. The molecule has 6 nitrogen and oxygen atoms in total. The molecule has 1 aromatic rings. The molecule has 8 heteroatoms. The normalized spacial score (nSPS) is 15.3. The zero-order valence-corrected chi connectivity index (χ0v) is 14.4. The molecule has 0 aromatic heterocycles. The van der Waals surface area contributed by atoms with Gasteiger partial charge in [0.2, 0.25) is 5.91 Å². The van der Waals surface area contributed by atoms with Crippen molar-refractivity contribution in [3.63, 3.8) is 0 Å². The van der Waals surface area contributed by atoms with Crippen LogP contribution in [0.25, 0.3) is 0 Å². The Morgan fingerprint density at radius 3 is 2.48 bits per heavy atom. The molecule has 1 fully saturated rings. The van der Waals surface area contributed by atoms with Gasteiger partial charge in [-0.1, -0.05) is 29.3 Å². The van der Waals surface area contributed by atoms with Crippen LogP contribution in [-0.2, 0) is 14.3 Å². The van der Waals surface area contributed by atoms with Gasteiger partial charge in [-0.3, -0.25) is 9.59 Å². The Bertz CT molecular complexity index is 557. The summed E-state index contributed by atoms with van der Waals surface area (Å²) in [6.45, 7) is 3.25. The number of carbonyl (C=O) groups excluding carboxylic acids is 2. The lowest BCUT2D eigenvalue weighted by Crippen LogP contribution is -3.15. The van der Waals surface area contributed by atoms with E-state index in [0.29, 0.717) is 35.5 Å². The number of ether oxygens (including phenoxy) is 1. The maximum absolute atomic E-state index is 12.2. The molecule has 1 heterocycles. The van der Waals surface area contributed by atoms with E-state index < -0.39 is 0 Å². The number of hydrogen-bond donors (Lipinski definition) is 2. The molecule has 2 N–H and O–H groups in total. The van der Waals surface area contributed by atoms with Crippen LogP contribution in [-0.4, -0.2) is 63.2 Å². The monoisotopic (exact) mass is 360 g/mol. The molecule has 2 amide bonds. The van der Waals surface area contributed by atoms with E-state index in [2.05, 4.69) is 5.32 Å². The lowest BCUT2D eigenvalue weighted by atomic mass is 10.3. The van der Waals surface area contributed by atoms with Crippen molar-refractivity contribution in [2.45, 2.75) is 0 Å². The highest BCUT2D eigenvalue weighted by molar-refractivity contribution is 6.39. The molecule has 2 rings (SSSR count). The van der Waals surface area contributed by atoms with Crippen LogP contribution in [0, 0.1) is 0 Å². The van der Waals surface area contributed by atoms with Crippen LogP contribution < -0.4 is 10.2 Å². The Balaban J connectivity index is 1.85. The Morgan fingerprint density at radius 2 is 1.87 bits per heavy atom. The van der Waals surface area contributed by atoms with Crippen molar-refractivity contribution in [3.8, 4) is 0 Å². The minimum absolute atomic E-state index is 0.0514. The number of benzene rings is 1. The van der Waals surface area contributed by atoms with Gasteiger partial charge in [-0.25, -0.2) is 0 Å². The molecule has 0 aliphatic carbocycles. The summed E-state index contributed by atoms with van der Waals surface area (Å²) in [4.78, 5) is 26.8. The summed E-state index contributed by atoms with van der Waals surface area (Å²) < 4.78 is 5.26. The van der Waals surface area contributed by atoms with E-state index in [1.54, 1.807) is 25.2 Å². The smallest absolute Gasteiger partial charge is 0.277 e. The fourth-order valence-electron chi connectivity index (χ4n) is 2.29. The Labute approximate surface area is 145 Å². The summed E-state index contributed by atoms with van der Waals surface area (Å²) >= 11 is 12.0. The van der Waals surface area contributed by atoms with Crippen molar-refractivity contribution in [2.24, 2.45) is 0 Å². The van der Waals surface area contributed by atoms with Crippen LogP contribution in [0.15, 0.2) is 18.2 Å². The van der Waals surface area contributed by atoms with Gasteiger partial charge in [0.1, 0.15) is 13.1 Å². The predicted octanol–water partition coefficient (Wildman–Crippen LogP) is 0.305. The Kier molecular flexibility index (Phi) is 6.65. The number of anilines is 1. The van der Waals surface area contributed by atoms with Gasteiger partial charge in [0.25, 0.3) is 5.91 Å². The van der Waals surface area contributed by atoms with Crippen molar-refractivity contribution in [1.29, 1.82) is 0 Å². The van der Waals surface area contributed by atoms with E-state index >= 15 is 0 Å². The molecule has 23 heavy (non-hydrogen) atoms. The summed E-state index contributed by atoms with van der Waals surface area (Å²) in [5.41, 5.74) is 0.362. The molecule has 1 aromatic carbocycles. The van der Waals surface area contributed by atoms with Gasteiger partial charge >= 0.3 is 0 Å². The number of likely N-dealkylation sites (N-methyl/N-ethyl adjacent to an activating group) is 1. The fraction of sp³-hybridized carbons (Fsp3) is 0.467. The zero-order chi connectivity index (χ0) is 16.8. The van der Waals surface area contributed by atoms with Crippen LogP contribution in [0.3, 0.4) is 0 Å². The number of quaternary nitrogens is 1. The molecular weight excluding hydrogens is 341 g/mol. The second-order valence-electron chi connectivity index (χ2n) is 5.43. The van der Waals surface area contributed by atoms with Gasteiger partial charge in [0.15, 0.2) is 6.54 Å². The van der Waals surface area contributed by atoms with E-state index in [0.717, 1.165) is 13.1 Å². The van der Waals surface area contributed by atoms with E-state index in [1.165, 1.54) is 9.80 Å². The molecule has 0 bridgehead atoms. The number of amides is 2. The number of halogens is 2. The summed E-state index contributed by atoms with van der Waals surface area (Å²) in [6, 6.07) is 4.97. The van der Waals surface area contributed by atoms with Crippen molar-refractivity contribution in [2.75, 3.05) is 51.8 Å². The molecule has 0 atom stereocenters. The highest BCUT2D eigenvalue weighted by Crippen LogP contribution is 2.29. The lowest BCUT2D eigenvalue weighted by molar-refractivity contribution is -0.900. The number of nitrogens with zero attached hydrogens (tertiary/aromatic N) is 1. The summed E-state index contributed by atoms with van der Waals surface area (Å²) in [7, 11) is 1.61. The van der Waals surface area contributed by atoms with Crippen LogP contribution in [0.5, 0.6) is 0 Å². The molecule has 0 spiro atoms. The molecule has 0 radical (unpaired) electrons. The fourth-order valence-corrected chi connectivity index (χ4v) is 2.78. The van der Waals surface area contributed by atoms with E-state index in [1.807, 2.05) is 0 Å². The molecule has 0 saturated carbocycles.